The zero-order valence-corrected chi connectivity index (χ0v) is 12.2. The number of esters is 1. The Morgan fingerprint density at radius 1 is 1.09 bits per heavy atom. The van der Waals surface area contributed by atoms with Gasteiger partial charge in [0.25, 0.3) is 5.91 Å². The first-order valence-corrected chi connectivity index (χ1v) is 6.73. The van der Waals surface area contributed by atoms with E-state index in [1.165, 1.54) is 7.11 Å². The third-order valence-electron chi connectivity index (χ3n) is 3.52. The molecule has 0 spiro atoms. The Balaban J connectivity index is 2.60. The number of ether oxygens (including phenoxy) is 1. The highest BCUT2D eigenvalue weighted by Crippen LogP contribution is 2.32. The number of benzene rings is 2. The SMILES string of the molecule is COC(=O)Cc1ccccc1[C@](O)(C(N)=O)c1ccccc1. The van der Waals surface area contributed by atoms with E-state index in [9.17, 15) is 14.7 Å². The fourth-order valence-corrected chi connectivity index (χ4v) is 2.36. The highest BCUT2D eigenvalue weighted by Gasteiger charge is 2.39. The maximum atomic E-state index is 12.0. The summed E-state index contributed by atoms with van der Waals surface area (Å²) in [7, 11) is 1.28. The van der Waals surface area contributed by atoms with Gasteiger partial charge >= 0.3 is 5.97 Å². The summed E-state index contributed by atoms with van der Waals surface area (Å²) in [5, 5.41) is 11.0. The number of aliphatic hydroxyl groups is 1. The van der Waals surface area contributed by atoms with Crippen LogP contribution in [-0.4, -0.2) is 24.1 Å². The number of primary amides is 1. The number of carbonyl (C=O) groups excluding carboxylic acids is 2. The van der Waals surface area contributed by atoms with Crippen LogP contribution in [0.15, 0.2) is 54.6 Å². The summed E-state index contributed by atoms with van der Waals surface area (Å²) >= 11 is 0. The number of hydrogen-bond acceptors (Lipinski definition) is 4. The second-order valence-corrected chi connectivity index (χ2v) is 4.85. The lowest BCUT2D eigenvalue weighted by Gasteiger charge is -2.27. The van der Waals surface area contributed by atoms with E-state index in [0.29, 0.717) is 11.1 Å². The molecule has 1 amide bonds. The van der Waals surface area contributed by atoms with E-state index < -0.39 is 17.5 Å². The topological polar surface area (TPSA) is 89.6 Å². The third kappa shape index (κ3) is 2.84. The van der Waals surface area contributed by atoms with E-state index in [-0.39, 0.29) is 12.0 Å². The minimum atomic E-state index is -2.01. The molecule has 2 rings (SSSR count). The van der Waals surface area contributed by atoms with Crippen LogP contribution in [0.25, 0.3) is 0 Å². The van der Waals surface area contributed by atoms with Crippen molar-refractivity contribution < 1.29 is 19.4 Å². The van der Waals surface area contributed by atoms with Crippen molar-refractivity contribution in [1.82, 2.24) is 0 Å². The Morgan fingerprint density at radius 3 is 2.27 bits per heavy atom. The molecule has 0 aliphatic carbocycles. The highest BCUT2D eigenvalue weighted by atomic mass is 16.5. The zero-order chi connectivity index (χ0) is 16.2. The standard InChI is InChI=1S/C17H17NO4/c1-22-15(19)11-12-7-5-6-10-14(12)17(21,16(18)20)13-8-3-2-4-9-13/h2-10,21H,11H2,1H3,(H2,18,20)/t17-/m0/s1. The first-order chi connectivity index (χ1) is 10.5. The predicted octanol–water partition coefficient (Wildman–Crippen LogP) is 1.12. The lowest BCUT2D eigenvalue weighted by atomic mass is 9.82. The first-order valence-electron chi connectivity index (χ1n) is 6.73. The number of rotatable bonds is 5. The van der Waals surface area contributed by atoms with Crippen LogP contribution in [0.1, 0.15) is 16.7 Å². The van der Waals surface area contributed by atoms with Gasteiger partial charge < -0.3 is 15.6 Å². The van der Waals surface area contributed by atoms with Crippen molar-refractivity contribution in [2.75, 3.05) is 7.11 Å². The van der Waals surface area contributed by atoms with Crippen LogP contribution in [0.4, 0.5) is 0 Å². The van der Waals surface area contributed by atoms with Crippen LogP contribution < -0.4 is 5.73 Å². The summed E-state index contributed by atoms with van der Waals surface area (Å²) in [5.74, 6) is -1.37. The molecular formula is C17H17NO4. The van der Waals surface area contributed by atoms with Gasteiger partial charge in [0.1, 0.15) is 0 Å². The highest BCUT2D eigenvalue weighted by molar-refractivity contribution is 5.89. The molecule has 0 bridgehead atoms. The molecule has 5 nitrogen and oxygen atoms in total. The molecule has 0 heterocycles. The Bertz CT molecular complexity index is 684. The van der Waals surface area contributed by atoms with Gasteiger partial charge in [0, 0.05) is 5.56 Å². The first kappa shape index (κ1) is 15.7. The van der Waals surface area contributed by atoms with E-state index in [1.54, 1.807) is 54.6 Å². The molecule has 5 heteroatoms. The van der Waals surface area contributed by atoms with Crippen LogP contribution in [0.2, 0.25) is 0 Å². The van der Waals surface area contributed by atoms with Gasteiger partial charge in [0.05, 0.1) is 13.5 Å². The van der Waals surface area contributed by atoms with E-state index in [0.717, 1.165) is 0 Å². The third-order valence-corrected chi connectivity index (χ3v) is 3.52. The summed E-state index contributed by atoms with van der Waals surface area (Å²) in [5.41, 5.74) is 4.56. The number of methoxy groups -OCH3 is 1. The number of amides is 1. The van der Waals surface area contributed by atoms with Crippen LogP contribution in [-0.2, 0) is 26.3 Å². The smallest absolute Gasteiger partial charge is 0.309 e. The maximum absolute atomic E-state index is 12.0. The van der Waals surface area contributed by atoms with Gasteiger partial charge in [-0.1, -0.05) is 54.6 Å². The Kier molecular flexibility index (Phi) is 4.58. The van der Waals surface area contributed by atoms with Crippen molar-refractivity contribution >= 4 is 11.9 Å². The van der Waals surface area contributed by atoms with Crippen molar-refractivity contribution in [3.05, 3.63) is 71.3 Å². The molecule has 0 saturated heterocycles. The molecule has 0 saturated carbocycles. The Hall–Kier alpha value is -2.66. The van der Waals surface area contributed by atoms with E-state index in [4.69, 9.17) is 5.73 Å². The fourth-order valence-electron chi connectivity index (χ4n) is 2.36. The van der Waals surface area contributed by atoms with Gasteiger partial charge in [0.15, 0.2) is 5.60 Å². The fraction of sp³-hybridized carbons (Fsp3) is 0.176. The molecule has 0 aliphatic heterocycles. The lowest BCUT2D eigenvalue weighted by molar-refractivity contribution is -0.140. The van der Waals surface area contributed by atoms with Crippen molar-refractivity contribution in [2.24, 2.45) is 5.73 Å². The van der Waals surface area contributed by atoms with Gasteiger partial charge in [0.2, 0.25) is 0 Å². The summed E-state index contributed by atoms with van der Waals surface area (Å²) in [6.45, 7) is 0. The molecule has 114 valence electrons. The molecule has 2 aromatic rings. The van der Waals surface area contributed by atoms with Crippen LogP contribution >= 0.6 is 0 Å². The minimum Gasteiger partial charge on any atom is -0.469 e. The van der Waals surface area contributed by atoms with Crippen LogP contribution in [0.3, 0.4) is 0 Å². The van der Waals surface area contributed by atoms with Crippen LogP contribution in [0.5, 0.6) is 0 Å². The monoisotopic (exact) mass is 299 g/mol. The van der Waals surface area contributed by atoms with E-state index in [2.05, 4.69) is 4.74 Å². The molecule has 0 radical (unpaired) electrons. The Labute approximate surface area is 128 Å². The quantitative estimate of drug-likeness (QED) is 0.810. The number of carbonyl (C=O) groups is 2. The zero-order valence-electron chi connectivity index (χ0n) is 12.2. The summed E-state index contributed by atoms with van der Waals surface area (Å²) < 4.78 is 4.65. The molecule has 0 aromatic heterocycles. The maximum Gasteiger partial charge on any atom is 0.309 e. The van der Waals surface area contributed by atoms with Gasteiger partial charge in [-0.3, -0.25) is 9.59 Å². The van der Waals surface area contributed by atoms with Gasteiger partial charge in [-0.05, 0) is 11.1 Å². The Morgan fingerprint density at radius 2 is 1.68 bits per heavy atom. The molecular weight excluding hydrogens is 282 g/mol. The molecule has 1 atom stereocenters. The van der Waals surface area contributed by atoms with E-state index in [1.807, 2.05) is 0 Å². The summed E-state index contributed by atoms with van der Waals surface area (Å²) in [6, 6.07) is 15.0. The normalized spacial score (nSPS) is 13.2. The van der Waals surface area contributed by atoms with Gasteiger partial charge in [-0.15, -0.1) is 0 Å². The minimum absolute atomic E-state index is 0.0604. The molecule has 22 heavy (non-hydrogen) atoms. The molecule has 3 N–H and O–H groups in total. The lowest BCUT2D eigenvalue weighted by Crippen LogP contribution is -2.43. The van der Waals surface area contributed by atoms with Gasteiger partial charge in [-0.25, -0.2) is 0 Å². The number of nitrogens with two attached hydrogens (primary N) is 1. The van der Waals surface area contributed by atoms with Crippen molar-refractivity contribution in [3.8, 4) is 0 Å². The van der Waals surface area contributed by atoms with Gasteiger partial charge in [-0.2, -0.15) is 0 Å². The van der Waals surface area contributed by atoms with Crippen LogP contribution in [0, 0.1) is 0 Å². The summed E-state index contributed by atoms with van der Waals surface area (Å²) in [6.07, 6.45) is -0.0604. The number of hydrogen-bond donors (Lipinski definition) is 2. The average Bonchev–Trinajstić information content (AvgIpc) is 2.55. The van der Waals surface area contributed by atoms with Crippen molar-refractivity contribution in [2.45, 2.75) is 12.0 Å². The summed E-state index contributed by atoms with van der Waals surface area (Å²) in [4.78, 5) is 23.5. The second kappa shape index (κ2) is 6.41. The largest absolute Gasteiger partial charge is 0.469 e. The molecule has 0 aliphatic rings. The average molecular weight is 299 g/mol. The molecule has 0 fully saturated rings. The van der Waals surface area contributed by atoms with Crippen molar-refractivity contribution in [1.29, 1.82) is 0 Å². The molecule has 2 aromatic carbocycles. The molecule has 0 unspecified atom stereocenters. The van der Waals surface area contributed by atoms with E-state index >= 15 is 0 Å². The predicted molar refractivity (Wildman–Crippen MR) is 80.8 cm³/mol. The second-order valence-electron chi connectivity index (χ2n) is 4.85. The van der Waals surface area contributed by atoms with Crippen molar-refractivity contribution in [3.63, 3.8) is 0 Å².